The molecule has 0 amide bonds. The third-order valence-corrected chi connectivity index (χ3v) is 27.4. The van der Waals surface area contributed by atoms with Gasteiger partial charge in [-0.1, -0.05) is 355 Å². The number of pyridine rings is 2. The molecule has 2 aliphatic rings. The number of hydrogen-bond donors (Lipinski definition) is 0. The maximum Gasteiger partial charge on any atom is 0.160 e. The molecule has 0 radical (unpaired) electrons. The Labute approximate surface area is 767 Å². The van der Waals surface area contributed by atoms with E-state index in [1.165, 1.54) is 72.0 Å². The van der Waals surface area contributed by atoms with E-state index in [1.807, 2.05) is 109 Å². The number of hydrogen-bond acceptors (Lipinski definition) is 9. The van der Waals surface area contributed by atoms with Crippen LogP contribution in [0, 0.1) is 0 Å². The minimum absolute atomic E-state index is 0.0768. The molecule has 0 aliphatic heterocycles. The van der Waals surface area contributed by atoms with Crippen molar-refractivity contribution in [1.82, 2.24) is 29.9 Å². The number of aromatic nitrogens is 6. The van der Waals surface area contributed by atoms with Gasteiger partial charge in [0.15, 0.2) is 5.82 Å². The molecule has 0 atom stereocenters. The van der Waals surface area contributed by atoms with Gasteiger partial charge < -0.3 is 13.3 Å². The predicted molar refractivity (Wildman–Crippen MR) is 547 cm³/mol. The molecule has 9 nitrogen and oxygen atoms in total. The van der Waals surface area contributed by atoms with Crippen LogP contribution in [0.1, 0.15) is 49.9 Å². The van der Waals surface area contributed by atoms with E-state index in [-0.39, 0.29) is 10.8 Å². The second kappa shape index (κ2) is 31.4. The van der Waals surface area contributed by atoms with Crippen molar-refractivity contribution in [3.05, 3.63) is 447 Å². The Hall–Kier alpha value is -17.1. The Kier molecular flexibility index (Phi) is 18.4. The van der Waals surface area contributed by atoms with E-state index in [9.17, 15) is 0 Å². The number of benzene rings is 18. The van der Waals surface area contributed by atoms with Crippen LogP contribution in [0.5, 0.6) is 0 Å². The van der Waals surface area contributed by atoms with Gasteiger partial charge in [-0.3, -0.25) is 4.98 Å². The maximum absolute atomic E-state index is 6.23. The average Bonchev–Trinajstić information content (AvgIpc) is 1.59. The first-order valence-corrected chi connectivity index (χ1v) is 45.3. The van der Waals surface area contributed by atoms with Gasteiger partial charge in [0.25, 0.3) is 0 Å². The average molecular weight is 1700 g/mol. The molecular formula is C124H82N6O3. The van der Waals surface area contributed by atoms with Gasteiger partial charge in [0.05, 0.1) is 50.5 Å². The molecule has 2 aliphatic carbocycles. The summed E-state index contributed by atoms with van der Waals surface area (Å²) >= 11 is 0. The molecule has 0 unspecified atom stereocenters. The van der Waals surface area contributed by atoms with Crippen molar-refractivity contribution in [3.63, 3.8) is 0 Å². The van der Waals surface area contributed by atoms with Crippen molar-refractivity contribution in [2.45, 2.75) is 38.5 Å². The standard InChI is InChI=1S/C42H26N2O.2C41H28N2O/c1-3-12-27(13-4-1)41-35-23-22-29(26-37(35)43-42(44-41)28-14-5-2-6-15-28)30-24-25-33(32-17-8-7-16-31(30)32)34-19-11-21-39-40(34)36-18-9-10-20-38(36)45-39;1-41(2)32-13-5-3-10-29(32)30-23-22-27(24-33(30)41)40-39(42-34-14-6-7-15-35(34)43-40)26-20-18-25(19-21-26)28-12-9-17-37-38(28)31-11-4-8-16-36(31)44-37;1-41(2)33-13-5-3-9-29(33)30-21-20-27(23-34(30)41)40-31-12-8-22-42-36(31)24-35(43-40)26-18-16-25(17-19-26)28-11-7-15-38-39(28)32-10-4-6-14-37(32)44-38/h1-26H;2*3-24H,1-2H3. The second-order valence-corrected chi connectivity index (χ2v) is 35.7. The lowest BCUT2D eigenvalue weighted by molar-refractivity contribution is 0.660. The largest absolute Gasteiger partial charge is 0.456 e. The predicted octanol–water partition coefficient (Wildman–Crippen LogP) is 33.0. The van der Waals surface area contributed by atoms with Crippen LogP contribution in [0.3, 0.4) is 0 Å². The van der Waals surface area contributed by atoms with Crippen molar-refractivity contribution >= 4 is 109 Å². The molecule has 27 rings (SSSR count). The van der Waals surface area contributed by atoms with Gasteiger partial charge in [-0.25, -0.2) is 24.9 Å². The highest BCUT2D eigenvalue weighted by molar-refractivity contribution is 6.18. The van der Waals surface area contributed by atoms with Gasteiger partial charge in [0, 0.05) is 93.5 Å². The lowest BCUT2D eigenvalue weighted by atomic mass is 9.81. The fourth-order valence-electron chi connectivity index (χ4n) is 20.8. The Bertz CT molecular complexity index is 9020. The van der Waals surface area contributed by atoms with Crippen molar-refractivity contribution in [2.75, 3.05) is 0 Å². The zero-order valence-electron chi connectivity index (χ0n) is 73.3. The van der Waals surface area contributed by atoms with E-state index in [1.54, 1.807) is 0 Å². The molecule has 18 aromatic carbocycles. The summed E-state index contributed by atoms with van der Waals surface area (Å²) in [5.74, 6) is 0.722. The summed E-state index contributed by atoms with van der Waals surface area (Å²) in [6.45, 7) is 9.27. The lowest BCUT2D eigenvalue weighted by Gasteiger charge is -2.22. The minimum atomic E-state index is -0.0910. The summed E-state index contributed by atoms with van der Waals surface area (Å²) in [5.41, 5.74) is 39.7. The number of furan rings is 3. The van der Waals surface area contributed by atoms with Crippen molar-refractivity contribution in [1.29, 1.82) is 0 Å². The Morgan fingerprint density at radius 1 is 0.188 bits per heavy atom. The summed E-state index contributed by atoms with van der Waals surface area (Å²) in [6.07, 6.45) is 1.86. The molecule has 7 heterocycles. The van der Waals surface area contributed by atoms with Crippen molar-refractivity contribution < 1.29 is 13.3 Å². The van der Waals surface area contributed by atoms with Crippen LogP contribution in [-0.2, 0) is 10.8 Å². The minimum Gasteiger partial charge on any atom is -0.456 e. The zero-order chi connectivity index (χ0) is 88.6. The first kappa shape index (κ1) is 78.1. The summed E-state index contributed by atoms with van der Waals surface area (Å²) in [6, 6.07) is 147. The van der Waals surface area contributed by atoms with Gasteiger partial charge in [0.1, 0.15) is 33.5 Å². The van der Waals surface area contributed by atoms with Crippen molar-refractivity contribution in [2.24, 2.45) is 0 Å². The summed E-state index contributed by atoms with van der Waals surface area (Å²) in [5, 5.41) is 11.3. The maximum atomic E-state index is 6.23. The highest BCUT2D eigenvalue weighted by Crippen LogP contribution is 2.53. The van der Waals surface area contributed by atoms with Crippen LogP contribution >= 0.6 is 0 Å². The SMILES string of the molecule is CC1(C)c2ccccc2-c2ccc(-c3nc(-c4ccc(-c5cccc6oc7ccccc7c56)cc4)cc4ncccc34)cc21.CC1(C)c2ccccc2-c2ccc(-c3nc4ccccc4nc3-c3ccc(-c4cccc5oc6ccccc6c45)cc3)cc21.c1ccc(-c2nc(-c3ccccc3)c3ccc(-c4ccc(-c5cccc6oc7ccccc7c56)c5ccccc45)cc3n2)cc1. The fourth-order valence-corrected chi connectivity index (χ4v) is 20.8. The van der Waals surface area contributed by atoms with Gasteiger partial charge in [-0.15, -0.1) is 0 Å². The van der Waals surface area contributed by atoms with E-state index in [0.29, 0.717) is 0 Å². The van der Waals surface area contributed by atoms with Gasteiger partial charge in [0.2, 0.25) is 0 Å². The molecule has 0 saturated carbocycles. The Morgan fingerprint density at radius 2 is 0.564 bits per heavy atom. The molecule has 133 heavy (non-hydrogen) atoms. The molecule has 0 spiro atoms. The smallest absolute Gasteiger partial charge is 0.160 e. The summed E-state index contributed by atoms with van der Waals surface area (Å²) < 4.78 is 18.5. The van der Waals surface area contributed by atoms with Crippen LogP contribution in [0.2, 0.25) is 0 Å². The monoisotopic (exact) mass is 1700 g/mol. The molecule has 9 heteroatoms. The molecule has 0 saturated heterocycles. The van der Waals surface area contributed by atoms with Crippen LogP contribution in [0.25, 0.3) is 244 Å². The first-order valence-electron chi connectivity index (χ1n) is 45.3. The van der Waals surface area contributed by atoms with Gasteiger partial charge in [-0.05, 0) is 191 Å². The zero-order valence-corrected chi connectivity index (χ0v) is 73.3. The molecule has 25 aromatic rings. The van der Waals surface area contributed by atoms with Gasteiger partial charge in [-0.2, -0.15) is 0 Å². The number of fused-ring (bicyclic) bond motifs is 19. The molecule has 0 N–H and O–H groups in total. The summed E-state index contributed by atoms with van der Waals surface area (Å²) in [4.78, 5) is 30.6. The second-order valence-electron chi connectivity index (χ2n) is 35.7. The third-order valence-electron chi connectivity index (χ3n) is 27.4. The van der Waals surface area contributed by atoms with E-state index in [4.69, 9.17) is 43.2 Å². The van der Waals surface area contributed by atoms with Crippen LogP contribution in [-0.4, -0.2) is 29.9 Å². The first-order chi connectivity index (χ1) is 65.4. The molecule has 626 valence electrons. The highest BCUT2D eigenvalue weighted by atomic mass is 16.3. The number of para-hydroxylation sites is 5. The van der Waals surface area contributed by atoms with Crippen LogP contribution in [0.15, 0.2) is 438 Å². The van der Waals surface area contributed by atoms with E-state index < -0.39 is 0 Å². The molecular weight excluding hydrogens is 1620 g/mol. The normalized spacial score (nSPS) is 12.8. The van der Waals surface area contributed by atoms with E-state index >= 15 is 0 Å². The van der Waals surface area contributed by atoms with Crippen molar-refractivity contribution in [3.8, 4) is 134 Å². The quantitative estimate of drug-likeness (QED) is 0.132. The van der Waals surface area contributed by atoms with E-state index in [0.717, 1.165) is 194 Å². The van der Waals surface area contributed by atoms with Crippen LogP contribution < -0.4 is 0 Å². The topological polar surface area (TPSA) is 117 Å². The Balaban J connectivity index is 0.000000107. The molecule has 0 bridgehead atoms. The third kappa shape index (κ3) is 13.2. The lowest BCUT2D eigenvalue weighted by Crippen LogP contribution is -2.15. The van der Waals surface area contributed by atoms with E-state index in [2.05, 4.69) is 343 Å². The number of rotatable bonds is 10. The van der Waals surface area contributed by atoms with Crippen LogP contribution in [0.4, 0.5) is 0 Å². The number of nitrogens with zero attached hydrogens (tertiary/aromatic N) is 6. The van der Waals surface area contributed by atoms with Gasteiger partial charge >= 0.3 is 0 Å². The molecule has 0 fully saturated rings. The Morgan fingerprint density at radius 3 is 1.13 bits per heavy atom. The molecule has 7 aromatic heterocycles. The summed E-state index contributed by atoms with van der Waals surface area (Å²) in [7, 11) is 0. The highest BCUT2D eigenvalue weighted by Gasteiger charge is 2.38. The fraction of sp³-hybridized carbons (Fsp3) is 0.0484.